The molecule has 1 aromatic carbocycles. The fraction of sp³-hybridized carbons (Fsp3) is 0.421. The summed E-state index contributed by atoms with van der Waals surface area (Å²) in [7, 11) is 0. The van der Waals surface area contributed by atoms with Gasteiger partial charge in [-0.05, 0) is 37.6 Å². The molecule has 0 aliphatic carbocycles. The molecule has 1 saturated heterocycles. The highest BCUT2D eigenvalue weighted by molar-refractivity contribution is 5.73. The molecule has 1 fully saturated rings. The van der Waals surface area contributed by atoms with E-state index >= 15 is 0 Å². The van der Waals surface area contributed by atoms with Crippen LogP contribution in [0.2, 0.25) is 0 Å². The van der Waals surface area contributed by atoms with E-state index < -0.39 is 0 Å². The Hall–Kier alpha value is -2.63. The zero-order valence-corrected chi connectivity index (χ0v) is 14.9. The van der Waals surface area contributed by atoms with Gasteiger partial charge in [-0.2, -0.15) is 0 Å². The zero-order valence-electron chi connectivity index (χ0n) is 14.9. The Balaban J connectivity index is 1.57. The van der Waals surface area contributed by atoms with Crippen molar-refractivity contribution in [3.63, 3.8) is 0 Å². The second kappa shape index (κ2) is 7.51. The minimum atomic E-state index is -0.0289. The molecule has 3 rings (SSSR count). The van der Waals surface area contributed by atoms with Crippen molar-refractivity contribution in [2.45, 2.75) is 39.3 Å². The molecule has 132 valence electrons. The first-order chi connectivity index (χ1) is 12.0. The van der Waals surface area contributed by atoms with Crippen LogP contribution >= 0.6 is 0 Å². The second-order valence-electron chi connectivity index (χ2n) is 6.43. The van der Waals surface area contributed by atoms with E-state index in [0.29, 0.717) is 0 Å². The van der Waals surface area contributed by atoms with Gasteiger partial charge < -0.3 is 15.0 Å². The van der Waals surface area contributed by atoms with Gasteiger partial charge in [0.2, 0.25) is 5.91 Å². The lowest BCUT2D eigenvalue weighted by molar-refractivity contribution is -0.119. The van der Waals surface area contributed by atoms with Crippen LogP contribution in [0.25, 0.3) is 0 Å². The fourth-order valence-electron chi connectivity index (χ4n) is 3.07. The Labute approximate surface area is 148 Å². The van der Waals surface area contributed by atoms with Crippen molar-refractivity contribution in [1.82, 2.24) is 15.3 Å². The molecule has 1 amide bonds. The minimum absolute atomic E-state index is 0.00507. The van der Waals surface area contributed by atoms with Crippen molar-refractivity contribution in [1.29, 1.82) is 0 Å². The number of carbonyl (C=O) groups is 1. The highest BCUT2D eigenvalue weighted by Gasteiger charge is 2.25. The van der Waals surface area contributed by atoms with Crippen LogP contribution < -0.4 is 15.0 Å². The predicted octanol–water partition coefficient (Wildman–Crippen LogP) is 2.64. The van der Waals surface area contributed by atoms with Crippen LogP contribution in [-0.4, -0.2) is 35.1 Å². The maximum absolute atomic E-state index is 11.1. The van der Waals surface area contributed by atoms with Crippen molar-refractivity contribution in [3.05, 3.63) is 47.9 Å². The van der Waals surface area contributed by atoms with Gasteiger partial charge >= 0.3 is 0 Å². The molecule has 1 aromatic heterocycles. The molecule has 2 aromatic rings. The summed E-state index contributed by atoms with van der Waals surface area (Å²) < 4.78 is 6.10. The number of anilines is 1. The quantitative estimate of drug-likeness (QED) is 0.906. The summed E-state index contributed by atoms with van der Waals surface area (Å²) in [5.74, 6) is 2.56. The topological polar surface area (TPSA) is 67.3 Å². The maximum atomic E-state index is 11.1. The van der Waals surface area contributed by atoms with Crippen LogP contribution in [0.1, 0.15) is 37.7 Å². The van der Waals surface area contributed by atoms with Gasteiger partial charge in [0, 0.05) is 26.1 Å². The van der Waals surface area contributed by atoms with Crippen LogP contribution in [0.5, 0.6) is 5.75 Å². The standard InChI is InChI=1S/C19H24N4O2/c1-13(21-15(3)24)16-4-6-17(7-5-16)25-18-9-11-23(12-18)19-8-10-20-14(2)22-19/h4-8,10,13,18H,9,11-12H2,1-3H3,(H,21,24)/t13-,18+/m0/s1. The number of aryl methyl sites for hydroxylation is 1. The van der Waals surface area contributed by atoms with Gasteiger partial charge in [0.25, 0.3) is 0 Å². The molecule has 25 heavy (non-hydrogen) atoms. The van der Waals surface area contributed by atoms with Crippen LogP contribution in [0.4, 0.5) is 5.82 Å². The van der Waals surface area contributed by atoms with Gasteiger partial charge in [-0.3, -0.25) is 4.79 Å². The van der Waals surface area contributed by atoms with Crippen molar-refractivity contribution < 1.29 is 9.53 Å². The summed E-state index contributed by atoms with van der Waals surface area (Å²) in [6.07, 6.45) is 2.90. The summed E-state index contributed by atoms with van der Waals surface area (Å²) in [6.45, 7) is 7.14. The number of nitrogens with zero attached hydrogens (tertiary/aromatic N) is 3. The number of benzene rings is 1. The first-order valence-corrected chi connectivity index (χ1v) is 8.59. The van der Waals surface area contributed by atoms with Crippen molar-refractivity contribution in [3.8, 4) is 5.75 Å². The molecular formula is C19H24N4O2. The van der Waals surface area contributed by atoms with E-state index in [9.17, 15) is 4.79 Å². The van der Waals surface area contributed by atoms with Crippen LogP contribution in [0, 0.1) is 6.92 Å². The van der Waals surface area contributed by atoms with Gasteiger partial charge in [-0.15, -0.1) is 0 Å². The van der Waals surface area contributed by atoms with Crippen molar-refractivity contribution >= 4 is 11.7 Å². The lowest BCUT2D eigenvalue weighted by Gasteiger charge is -2.18. The van der Waals surface area contributed by atoms with Gasteiger partial charge in [0.15, 0.2) is 0 Å². The number of carbonyl (C=O) groups excluding carboxylic acids is 1. The van der Waals surface area contributed by atoms with Gasteiger partial charge in [0.05, 0.1) is 12.6 Å². The summed E-state index contributed by atoms with van der Waals surface area (Å²) in [6, 6.07) is 9.85. The molecule has 2 heterocycles. The largest absolute Gasteiger partial charge is 0.489 e. The number of aromatic nitrogens is 2. The average Bonchev–Trinajstić information content (AvgIpc) is 3.03. The van der Waals surface area contributed by atoms with Crippen LogP contribution in [0.3, 0.4) is 0 Å². The van der Waals surface area contributed by atoms with E-state index in [-0.39, 0.29) is 18.1 Å². The molecule has 2 atom stereocenters. The smallest absolute Gasteiger partial charge is 0.217 e. The SMILES string of the molecule is CC(=O)N[C@@H](C)c1ccc(O[C@@H]2CCN(c3ccnc(C)n3)C2)cc1. The summed E-state index contributed by atoms with van der Waals surface area (Å²) >= 11 is 0. The molecule has 0 bridgehead atoms. The predicted molar refractivity (Wildman–Crippen MR) is 96.7 cm³/mol. The first-order valence-electron chi connectivity index (χ1n) is 8.59. The van der Waals surface area contributed by atoms with Gasteiger partial charge in [-0.25, -0.2) is 9.97 Å². The summed E-state index contributed by atoms with van der Waals surface area (Å²) in [5.41, 5.74) is 1.06. The number of rotatable bonds is 5. The van der Waals surface area contributed by atoms with E-state index in [1.807, 2.05) is 44.2 Å². The molecule has 1 aliphatic rings. The molecule has 0 saturated carbocycles. The summed E-state index contributed by atoms with van der Waals surface area (Å²) in [4.78, 5) is 22.0. The number of ether oxygens (including phenoxy) is 1. The van der Waals surface area contributed by atoms with Crippen LogP contribution in [-0.2, 0) is 4.79 Å². The molecule has 1 N–H and O–H groups in total. The third-order valence-corrected chi connectivity index (χ3v) is 4.33. The van der Waals surface area contributed by atoms with E-state index in [4.69, 9.17) is 4.74 Å². The lowest BCUT2D eigenvalue weighted by atomic mass is 10.1. The molecular weight excluding hydrogens is 316 g/mol. The first kappa shape index (κ1) is 17.2. The maximum Gasteiger partial charge on any atom is 0.217 e. The third kappa shape index (κ3) is 4.47. The number of hydrogen-bond acceptors (Lipinski definition) is 5. The Morgan fingerprint density at radius 1 is 1.32 bits per heavy atom. The van der Waals surface area contributed by atoms with Gasteiger partial charge in [-0.1, -0.05) is 12.1 Å². The average molecular weight is 340 g/mol. The molecule has 0 radical (unpaired) electrons. The van der Waals surface area contributed by atoms with E-state index in [2.05, 4.69) is 20.2 Å². The fourth-order valence-corrected chi connectivity index (χ4v) is 3.07. The molecule has 6 nitrogen and oxygen atoms in total. The number of amides is 1. The Kier molecular flexibility index (Phi) is 5.16. The molecule has 0 unspecified atom stereocenters. The van der Waals surface area contributed by atoms with Crippen molar-refractivity contribution in [2.24, 2.45) is 0 Å². The van der Waals surface area contributed by atoms with E-state index in [1.165, 1.54) is 6.92 Å². The van der Waals surface area contributed by atoms with Crippen molar-refractivity contribution in [2.75, 3.05) is 18.0 Å². The van der Waals surface area contributed by atoms with E-state index in [0.717, 1.165) is 42.5 Å². The number of nitrogens with one attached hydrogen (secondary N) is 1. The highest BCUT2D eigenvalue weighted by Crippen LogP contribution is 2.23. The Bertz CT molecular complexity index is 732. The summed E-state index contributed by atoms with van der Waals surface area (Å²) in [5, 5.41) is 2.88. The molecule has 0 spiro atoms. The normalized spacial score (nSPS) is 18.0. The van der Waals surface area contributed by atoms with E-state index in [1.54, 1.807) is 6.20 Å². The molecule has 1 aliphatic heterocycles. The Morgan fingerprint density at radius 3 is 2.76 bits per heavy atom. The minimum Gasteiger partial charge on any atom is -0.489 e. The van der Waals surface area contributed by atoms with Gasteiger partial charge in [0.1, 0.15) is 23.5 Å². The second-order valence-corrected chi connectivity index (χ2v) is 6.43. The number of hydrogen-bond donors (Lipinski definition) is 1. The Morgan fingerprint density at radius 2 is 2.08 bits per heavy atom. The molecule has 6 heteroatoms. The lowest BCUT2D eigenvalue weighted by Crippen LogP contribution is -2.25. The third-order valence-electron chi connectivity index (χ3n) is 4.33. The van der Waals surface area contributed by atoms with Crippen LogP contribution in [0.15, 0.2) is 36.5 Å². The highest BCUT2D eigenvalue weighted by atomic mass is 16.5. The monoisotopic (exact) mass is 340 g/mol. The zero-order chi connectivity index (χ0) is 17.8.